The molecule has 0 radical (unpaired) electrons. The van der Waals surface area contributed by atoms with Crippen molar-refractivity contribution in [1.29, 1.82) is 0 Å². The summed E-state index contributed by atoms with van der Waals surface area (Å²) in [5, 5.41) is 8.01. The molecular formula is C28H46N6O6. The summed E-state index contributed by atoms with van der Waals surface area (Å²) in [6.45, 7) is 13.6. The van der Waals surface area contributed by atoms with E-state index in [9.17, 15) is 28.8 Å². The van der Waals surface area contributed by atoms with Crippen LogP contribution in [0.3, 0.4) is 0 Å². The maximum absolute atomic E-state index is 13.9. The van der Waals surface area contributed by atoms with Crippen molar-refractivity contribution < 1.29 is 28.8 Å². The fourth-order valence-electron chi connectivity index (χ4n) is 5.83. The highest BCUT2D eigenvalue weighted by atomic mass is 16.2. The zero-order chi connectivity index (χ0) is 30.3. The monoisotopic (exact) mass is 562 g/mol. The second-order valence-electron chi connectivity index (χ2n) is 13.7. The molecule has 0 bridgehead atoms. The summed E-state index contributed by atoms with van der Waals surface area (Å²) in [6.07, 6.45) is 2.20. The minimum Gasteiger partial charge on any atom is -0.363 e. The lowest BCUT2D eigenvalue weighted by atomic mass is 9.85. The number of carbonyl (C=O) groups is 6. The minimum atomic E-state index is -1.15. The molecule has 3 fully saturated rings. The van der Waals surface area contributed by atoms with E-state index < -0.39 is 59.6 Å². The number of amides is 6. The molecule has 0 spiro atoms. The number of carbonyl (C=O) groups excluding carboxylic acids is 6. The number of likely N-dealkylation sites (tertiary alicyclic amines) is 1. The van der Waals surface area contributed by atoms with Crippen molar-refractivity contribution in [2.75, 3.05) is 26.7 Å². The molecule has 1 heterocycles. The van der Waals surface area contributed by atoms with Crippen molar-refractivity contribution in [2.45, 2.75) is 79.4 Å². The van der Waals surface area contributed by atoms with Crippen LogP contribution in [0.25, 0.3) is 0 Å². The van der Waals surface area contributed by atoms with Crippen molar-refractivity contribution >= 4 is 35.4 Å². The number of hydrogen-bond donors (Lipinski definition) is 4. The Morgan fingerprint density at radius 2 is 1.65 bits per heavy atom. The topological polar surface area (TPSA) is 171 Å². The lowest BCUT2D eigenvalue weighted by Gasteiger charge is -2.38. The van der Waals surface area contributed by atoms with Gasteiger partial charge in [0.2, 0.25) is 23.5 Å². The second-order valence-corrected chi connectivity index (χ2v) is 13.7. The summed E-state index contributed by atoms with van der Waals surface area (Å²) in [7, 11) is 1.74. The molecule has 6 amide bonds. The molecule has 5 N–H and O–H groups in total. The summed E-state index contributed by atoms with van der Waals surface area (Å²) in [5.74, 6) is -2.93. The third kappa shape index (κ3) is 6.75. The second kappa shape index (κ2) is 11.4. The zero-order valence-corrected chi connectivity index (χ0v) is 25.0. The molecule has 5 atom stereocenters. The Morgan fingerprint density at radius 3 is 2.15 bits per heavy atom. The molecular weight excluding hydrogens is 516 g/mol. The van der Waals surface area contributed by atoms with Gasteiger partial charge in [0.15, 0.2) is 0 Å². The summed E-state index contributed by atoms with van der Waals surface area (Å²) in [4.78, 5) is 79.4. The number of Topliss-reactive ketones (excluding diaryl/α,β-unsaturated/α-hetero) is 1. The maximum atomic E-state index is 13.9. The molecule has 2 saturated carbocycles. The number of nitrogens with zero attached hydrogens (tertiary/aromatic N) is 2. The molecule has 12 nitrogen and oxygen atoms in total. The van der Waals surface area contributed by atoms with Gasteiger partial charge in [0.1, 0.15) is 18.1 Å². The Hall–Kier alpha value is -3.18. The molecule has 0 aromatic heterocycles. The first-order chi connectivity index (χ1) is 18.4. The molecule has 0 unspecified atom stereocenters. The van der Waals surface area contributed by atoms with Crippen LogP contribution in [-0.4, -0.2) is 90.1 Å². The van der Waals surface area contributed by atoms with Gasteiger partial charge < -0.3 is 31.5 Å². The average Bonchev–Trinajstić information content (AvgIpc) is 3.69. The molecule has 1 saturated heterocycles. The first-order valence-corrected chi connectivity index (χ1v) is 14.1. The normalized spacial score (nSPS) is 24.4. The summed E-state index contributed by atoms with van der Waals surface area (Å²) >= 11 is 0. The van der Waals surface area contributed by atoms with Gasteiger partial charge >= 0.3 is 6.03 Å². The Bertz CT molecular complexity index is 1060. The van der Waals surface area contributed by atoms with E-state index in [1.807, 2.05) is 48.5 Å². The largest absolute Gasteiger partial charge is 0.363 e. The number of piperidine rings is 1. The van der Waals surface area contributed by atoms with Gasteiger partial charge in [-0.25, -0.2) is 4.79 Å². The van der Waals surface area contributed by atoms with Crippen LogP contribution in [0.15, 0.2) is 0 Å². The van der Waals surface area contributed by atoms with E-state index >= 15 is 0 Å². The van der Waals surface area contributed by atoms with Crippen LogP contribution in [0.5, 0.6) is 0 Å². The van der Waals surface area contributed by atoms with Gasteiger partial charge in [-0.15, -0.1) is 0 Å². The summed E-state index contributed by atoms with van der Waals surface area (Å²) in [6, 6.07) is -3.26. The van der Waals surface area contributed by atoms with E-state index in [0.29, 0.717) is 19.0 Å². The van der Waals surface area contributed by atoms with E-state index in [1.54, 1.807) is 11.9 Å². The van der Waals surface area contributed by atoms with Crippen molar-refractivity contribution in [3.05, 3.63) is 0 Å². The number of nitrogens with two attached hydrogens (primary N) is 1. The van der Waals surface area contributed by atoms with E-state index in [4.69, 9.17) is 5.73 Å². The number of hydrogen-bond acceptors (Lipinski definition) is 6. The molecule has 2 aliphatic carbocycles. The van der Waals surface area contributed by atoms with E-state index in [1.165, 1.54) is 4.90 Å². The third-order valence-corrected chi connectivity index (χ3v) is 8.67. The molecule has 0 aromatic carbocycles. The van der Waals surface area contributed by atoms with Crippen LogP contribution in [0.1, 0.15) is 61.3 Å². The Labute approximate surface area is 236 Å². The first kappa shape index (κ1) is 31.3. The lowest BCUT2D eigenvalue weighted by Crippen LogP contribution is -2.62. The zero-order valence-electron chi connectivity index (χ0n) is 25.0. The number of rotatable bonds is 11. The lowest BCUT2D eigenvalue weighted by molar-refractivity contribution is -0.144. The highest BCUT2D eigenvalue weighted by Gasteiger charge is 2.69. The summed E-state index contributed by atoms with van der Waals surface area (Å²) in [5.41, 5.74) is 4.10. The van der Waals surface area contributed by atoms with Gasteiger partial charge in [-0.05, 0) is 47.3 Å². The third-order valence-electron chi connectivity index (χ3n) is 8.67. The van der Waals surface area contributed by atoms with Crippen molar-refractivity contribution in [1.82, 2.24) is 25.8 Å². The summed E-state index contributed by atoms with van der Waals surface area (Å²) < 4.78 is 0. The van der Waals surface area contributed by atoms with Crippen LogP contribution in [0.4, 0.5) is 4.79 Å². The first-order valence-electron chi connectivity index (χ1n) is 14.1. The van der Waals surface area contributed by atoms with Gasteiger partial charge in [0, 0.05) is 20.1 Å². The number of ketones is 1. The molecule has 1 aliphatic heterocycles. The van der Waals surface area contributed by atoms with Crippen LogP contribution in [-0.2, 0) is 24.0 Å². The predicted octanol–water partition coefficient (Wildman–Crippen LogP) is 0.247. The van der Waals surface area contributed by atoms with Crippen molar-refractivity contribution in [2.24, 2.45) is 40.2 Å². The average molecular weight is 563 g/mol. The molecule has 3 rings (SSSR count). The van der Waals surface area contributed by atoms with E-state index in [-0.39, 0.29) is 29.1 Å². The number of fused-ring (bicyclic) bond motifs is 1. The van der Waals surface area contributed by atoms with Crippen molar-refractivity contribution in [3.8, 4) is 0 Å². The minimum absolute atomic E-state index is 0.0819. The smallest absolute Gasteiger partial charge is 0.316 e. The van der Waals surface area contributed by atoms with Crippen LogP contribution in [0, 0.1) is 34.5 Å². The van der Waals surface area contributed by atoms with Crippen LogP contribution < -0.4 is 21.7 Å². The molecule has 12 heteroatoms. The van der Waals surface area contributed by atoms with Gasteiger partial charge in [-0.2, -0.15) is 0 Å². The number of primary amides is 1. The fraction of sp³-hybridized carbons (Fsp3) is 0.786. The molecule has 224 valence electrons. The van der Waals surface area contributed by atoms with E-state index in [2.05, 4.69) is 16.0 Å². The SMILES string of the molecule is CC(C)[C@H](NC(=O)N[C@H](C(=O)N1C[C@H]2[C@@H]([C@H]1C(=O)NCC(=O)C(N)=O)C2(C)C)C(C)(C)C)C(=O)N(C)CC1CC1. The standard InChI is InChI=1S/C28H46N6O6/c1-14(2)19(24(38)33(8)12-15-9-10-15)31-26(40)32-21(27(3,4)5)25(39)34-13-16-18(28(16,6)7)20(34)23(37)30-11-17(35)22(29)36/h14-16,18-21H,9-13H2,1-8H3,(H2,29,36)(H,30,37)(H2,31,32,40)/t16-,18-,19-,20-,21+/m0/s1. The fourth-order valence-corrected chi connectivity index (χ4v) is 5.83. The Morgan fingerprint density at radius 1 is 1.05 bits per heavy atom. The van der Waals surface area contributed by atoms with Gasteiger partial charge in [0.05, 0.1) is 6.54 Å². The molecule has 0 aromatic rings. The molecule has 40 heavy (non-hydrogen) atoms. The highest BCUT2D eigenvalue weighted by molar-refractivity contribution is 6.36. The number of urea groups is 1. The predicted molar refractivity (Wildman–Crippen MR) is 147 cm³/mol. The quantitative estimate of drug-likeness (QED) is 0.263. The van der Waals surface area contributed by atoms with Crippen LogP contribution >= 0.6 is 0 Å². The molecule has 3 aliphatic rings. The highest BCUT2D eigenvalue weighted by Crippen LogP contribution is 2.65. The van der Waals surface area contributed by atoms with Gasteiger partial charge in [0.25, 0.3) is 5.91 Å². The van der Waals surface area contributed by atoms with Gasteiger partial charge in [-0.3, -0.25) is 24.0 Å². The number of nitrogens with one attached hydrogen (secondary N) is 3. The Kier molecular flexibility index (Phi) is 8.91. The number of likely N-dealkylation sites (N-methyl/N-ethyl adjacent to an activating group) is 1. The van der Waals surface area contributed by atoms with E-state index in [0.717, 1.165) is 12.8 Å². The Balaban J connectivity index is 1.74. The van der Waals surface area contributed by atoms with Crippen LogP contribution in [0.2, 0.25) is 0 Å². The van der Waals surface area contributed by atoms with Gasteiger partial charge in [-0.1, -0.05) is 48.5 Å². The maximum Gasteiger partial charge on any atom is 0.316 e. The van der Waals surface area contributed by atoms with Crippen molar-refractivity contribution in [3.63, 3.8) is 0 Å².